The van der Waals surface area contributed by atoms with Crippen LogP contribution in [0.3, 0.4) is 0 Å². The summed E-state index contributed by atoms with van der Waals surface area (Å²) in [4.78, 5) is 0. The quantitative estimate of drug-likeness (QED) is 0.378. The van der Waals surface area contributed by atoms with Gasteiger partial charge in [-0.1, -0.05) is 19.1 Å². The van der Waals surface area contributed by atoms with Gasteiger partial charge in [0.1, 0.15) is 0 Å². The molecule has 2 atom stereocenters. The van der Waals surface area contributed by atoms with E-state index in [9.17, 15) is 0 Å². The molecule has 0 amide bonds. The second kappa shape index (κ2) is 2.10. The maximum Gasteiger partial charge on any atom is 0.0289 e. The number of rotatable bonds is 1. The molecule has 0 N–H and O–H groups in total. The fraction of sp³-hybridized carbons (Fsp3) is 0.714. The maximum atomic E-state index is 5.60. The number of hydrogen-bond acceptors (Lipinski definition) is 0. The van der Waals surface area contributed by atoms with Gasteiger partial charge in [-0.15, -0.1) is 11.6 Å². The molecule has 0 aromatic carbocycles. The van der Waals surface area contributed by atoms with E-state index < -0.39 is 0 Å². The maximum absolute atomic E-state index is 5.60. The molecule has 8 heavy (non-hydrogen) atoms. The van der Waals surface area contributed by atoms with Crippen LogP contribution in [0.2, 0.25) is 0 Å². The van der Waals surface area contributed by atoms with Crippen molar-refractivity contribution >= 4 is 11.6 Å². The monoisotopic (exact) mass is 130 g/mol. The Balaban J connectivity index is 2.36. The van der Waals surface area contributed by atoms with Crippen molar-refractivity contribution < 1.29 is 0 Å². The van der Waals surface area contributed by atoms with Crippen molar-refractivity contribution in [3.63, 3.8) is 0 Å². The average molecular weight is 131 g/mol. The van der Waals surface area contributed by atoms with E-state index in [0.717, 1.165) is 11.8 Å². The summed E-state index contributed by atoms with van der Waals surface area (Å²) in [7, 11) is 0. The number of halogens is 1. The molecule has 1 aliphatic rings. The molecular formula is C7H11Cl. The Morgan fingerprint density at radius 3 is 2.62 bits per heavy atom. The van der Waals surface area contributed by atoms with Gasteiger partial charge in [-0.05, 0) is 18.3 Å². The van der Waals surface area contributed by atoms with E-state index in [1.54, 1.807) is 0 Å². The fourth-order valence-electron chi connectivity index (χ4n) is 1.13. The highest BCUT2D eigenvalue weighted by molar-refractivity contribution is 6.18. The van der Waals surface area contributed by atoms with Crippen LogP contribution < -0.4 is 0 Å². The lowest BCUT2D eigenvalue weighted by Gasteiger charge is -2.34. The highest BCUT2D eigenvalue weighted by Gasteiger charge is 2.28. The molecule has 0 aromatic rings. The fourth-order valence-corrected chi connectivity index (χ4v) is 1.46. The Hall–Kier alpha value is 0.0300. The third-order valence-electron chi connectivity index (χ3n) is 1.98. The molecule has 1 aliphatic carbocycles. The summed E-state index contributed by atoms with van der Waals surface area (Å²) in [5.74, 6) is 2.13. The molecule has 0 saturated heterocycles. The van der Waals surface area contributed by atoms with Crippen LogP contribution in [-0.4, -0.2) is 5.88 Å². The van der Waals surface area contributed by atoms with Gasteiger partial charge in [-0.3, -0.25) is 0 Å². The van der Waals surface area contributed by atoms with Gasteiger partial charge < -0.3 is 0 Å². The Kier molecular flexibility index (Phi) is 1.62. The molecule has 1 heteroatoms. The predicted molar refractivity (Wildman–Crippen MR) is 37.1 cm³/mol. The normalized spacial score (nSPS) is 37.0. The van der Waals surface area contributed by atoms with Crippen LogP contribution in [0.25, 0.3) is 0 Å². The van der Waals surface area contributed by atoms with Crippen molar-refractivity contribution in [2.75, 3.05) is 5.88 Å². The van der Waals surface area contributed by atoms with Crippen molar-refractivity contribution in [2.24, 2.45) is 11.8 Å². The van der Waals surface area contributed by atoms with Crippen LogP contribution in [0.4, 0.5) is 0 Å². The molecule has 0 radical (unpaired) electrons. The van der Waals surface area contributed by atoms with Crippen LogP contribution in [0.15, 0.2) is 12.2 Å². The zero-order valence-corrected chi connectivity index (χ0v) is 5.91. The molecule has 0 aliphatic heterocycles. The summed E-state index contributed by atoms with van der Waals surface area (Å²) in [6, 6.07) is 0. The van der Waals surface area contributed by atoms with E-state index >= 15 is 0 Å². The predicted octanol–water partition coefficient (Wildman–Crippen LogP) is 2.44. The Morgan fingerprint density at radius 2 is 2.50 bits per heavy atom. The van der Waals surface area contributed by atoms with E-state index in [0.29, 0.717) is 5.92 Å². The lowest BCUT2D eigenvalue weighted by Crippen LogP contribution is -2.25. The second-order valence-electron chi connectivity index (χ2n) is 2.56. The van der Waals surface area contributed by atoms with Crippen molar-refractivity contribution in [2.45, 2.75) is 13.3 Å². The van der Waals surface area contributed by atoms with E-state index in [1.165, 1.54) is 12.0 Å². The summed E-state index contributed by atoms with van der Waals surface area (Å²) in [5.41, 5.74) is 1.35. The van der Waals surface area contributed by atoms with Crippen molar-refractivity contribution in [1.29, 1.82) is 0 Å². The highest BCUT2D eigenvalue weighted by Crippen LogP contribution is 2.38. The first kappa shape index (κ1) is 6.15. The van der Waals surface area contributed by atoms with Crippen molar-refractivity contribution in [3.05, 3.63) is 12.2 Å². The zero-order valence-electron chi connectivity index (χ0n) is 5.15. The van der Waals surface area contributed by atoms with Gasteiger partial charge in [0, 0.05) is 5.88 Å². The average Bonchev–Trinajstić information content (AvgIpc) is 1.81. The first-order valence-electron chi connectivity index (χ1n) is 3.00. The molecule has 0 nitrogen and oxygen atoms in total. The molecule has 1 fully saturated rings. The van der Waals surface area contributed by atoms with Gasteiger partial charge in [0.05, 0.1) is 0 Å². The lowest BCUT2D eigenvalue weighted by atomic mass is 9.73. The first-order valence-corrected chi connectivity index (χ1v) is 3.53. The molecule has 0 aromatic heterocycles. The molecule has 0 spiro atoms. The first-order chi connectivity index (χ1) is 3.75. The van der Waals surface area contributed by atoms with Crippen molar-refractivity contribution in [3.8, 4) is 0 Å². The summed E-state index contributed by atoms with van der Waals surface area (Å²) in [6.07, 6.45) is 1.25. The SMILES string of the molecule is C=C1C(C)CC1CCl. The van der Waals surface area contributed by atoms with Gasteiger partial charge in [0.15, 0.2) is 0 Å². The standard InChI is InChI=1S/C7H11Cl/c1-5-3-7(4-8)6(5)2/h5,7H,2-4H2,1H3. The van der Waals surface area contributed by atoms with Crippen LogP contribution in [-0.2, 0) is 0 Å². The molecule has 2 unspecified atom stereocenters. The molecule has 46 valence electrons. The number of alkyl halides is 1. The third kappa shape index (κ3) is 0.775. The Labute approximate surface area is 55.5 Å². The summed E-state index contributed by atoms with van der Waals surface area (Å²) < 4.78 is 0. The Morgan fingerprint density at radius 1 is 1.88 bits per heavy atom. The second-order valence-corrected chi connectivity index (χ2v) is 2.87. The summed E-state index contributed by atoms with van der Waals surface area (Å²) in [6.45, 7) is 6.11. The smallest absolute Gasteiger partial charge is 0.0289 e. The van der Waals surface area contributed by atoms with Gasteiger partial charge in [-0.25, -0.2) is 0 Å². The van der Waals surface area contributed by atoms with E-state index in [2.05, 4.69) is 13.5 Å². The topological polar surface area (TPSA) is 0 Å². The molecule has 0 heterocycles. The number of hydrogen-bond donors (Lipinski definition) is 0. The van der Waals surface area contributed by atoms with Crippen LogP contribution in [0, 0.1) is 11.8 Å². The van der Waals surface area contributed by atoms with Gasteiger partial charge in [0.2, 0.25) is 0 Å². The lowest BCUT2D eigenvalue weighted by molar-refractivity contribution is 0.368. The number of allylic oxidation sites excluding steroid dienone is 1. The van der Waals surface area contributed by atoms with E-state index in [1.807, 2.05) is 0 Å². The Bertz CT molecular complexity index is 107. The van der Waals surface area contributed by atoms with Crippen LogP contribution >= 0.6 is 11.6 Å². The van der Waals surface area contributed by atoms with Crippen molar-refractivity contribution in [1.82, 2.24) is 0 Å². The van der Waals surface area contributed by atoms with E-state index in [4.69, 9.17) is 11.6 Å². The molecule has 0 bridgehead atoms. The molecular weight excluding hydrogens is 120 g/mol. The minimum absolute atomic E-state index is 0.631. The van der Waals surface area contributed by atoms with Gasteiger partial charge in [-0.2, -0.15) is 0 Å². The summed E-state index contributed by atoms with van der Waals surface area (Å²) in [5, 5.41) is 0. The van der Waals surface area contributed by atoms with E-state index in [-0.39, 0.29) is 0 Å². The van der Waals surface area contributed by atoms with Gasteiger partial charge >= 0.3 is 0 Å². The van der Waals surface area contributed by atoms with Crippen LogP contribution in [0.1, 0.15) is 13.3 Å². The third-order valence-corrected chi connectivity index (χ3v) is 2.35. The van der Waals surface area contributed by atoms with Gasteiger partial charge in [0.25, 0.3) is 0 Å². The minimum Gasteiger partial charge on any atom is -0.126 e. The zero-order chi connectivity index (χ0) is 6.15. The highest BCUT2D eigenvalue weighted by atomic mass is 35.5. The summed E-state index contributed by atoms with van der Waals surface area (Å²) >= 11 is 5.60. The largest absolute Gasteiger partial charge is 0.126 e. The molecule has 1 rings (SSSR count). The minimum atomic E-state index is 0.631. The van der Waals surface area contributed by atoms with Crippen LogP contribution in [0.5, 0.6) is 0 Å². The molecule has 1 saturated carbocycles.